The number of hydrogen-bond acceptors (Lipinski definition) is 5. The zero-order valence-electron chi connectivity index (χ0n) is 15.2. The third-order valence-corrected chi connectivity index (χ3v) is 4.16. The minimum atomic E-state index is -0.0416. The first-order valence-corrected chi connectivity index (χ1v) is 9.08. The number of carbonyl (C=O) groups is 1. The van der Waals surface area contributed by atoms with E-state index in [4.69, 9.17) is 25.6 Å². The van der Waals surface area contributed by atoms with Gasteiger partial charge in [0.25, 0.3) is 0 Å². The van der Waals surface area contributed by atoms with Crippen molar-refractivity contribution in [2.45, 2.75) is 39.8 Å². The smallest absolute Gasteiger partial charge is 0.229 e. The molecule has 1 amide bonds. The van der Waals surface area contributed by atoms with E-state index in [2.05, 4.69) is 10.5 Å². The van der Waals surface area contributed by atoms with E-state index in [1.54, 1.807) is 0 Å². The van der Waals surface area contributed by atoms with Crippen LogP contribution in [0.2, 0.25) is 5.22 Å². The molecular weight excluding hydrogens is 356 g/mol. The molecule has 0 unspecified atom stereocenters. The predicted molar refractivity (Wildman–Crippen MR) is 99.0 cm³/mol. The zero-order chi connectivity index (χ0) is 18.8. The van der Waals surface area contributed by atoms with E-state index in [0.29, 0.717) is 45.8 Å². The highest BCUT2D eigenvalue weighted by Crippen LogP contribution is 2.20. The summed E-state index contributed by atoms with van der Waals surface area (Å²) in [6, 6.07) is 7.97. The van der Waals surface area contributed by atoms with Crippen LogP contribution in [-0.2, 0) is 33.8 Å². The lowest BCUT2D eigenvalue weighted by atomic mass is 10.1. The summed E-state index contributed by atoms with van der Waals surface area (Å²) in [5.74, 6) is -0.0416. The minimum absolute atomic E-state index is 0.0416. The number of amides is 1. The molecule has 1 aromatic heterocycles. The average molecular weight is 381 g/mol. The van der Waals surface area contributed by atoms with E-state index < -0.39 is 0 Å². The lowest BCUT2D eigenvalue weighted by Gasteiger charge is -2.08. The minimum Gasteiger partial charge on any atom is -0.379 e. The molecule has 7 heteroatoms. The summed E-state index contributed by atoms with van der Waals surface area (Å²) >= 11 is 5.91. The summed E-state index contributed by atoms with van der Waals surface area (Å²) in [6.45, 7) is 6.63. The zero-order valence-corrected chi connectivity index (χ0v) is 16.0. The largest absolute Gasteiger partial charge is 0.379 e. The van der Waals surface area contributed by atoms with Crippen molar-refractivity contribution < 1.29 is 18.8 Å². The van der Waals surface area contributed by atoms with Gasteiger partial charge in [0, 0.05) is 25.1 Å². The number of halogens is 1. The quantitative estimate of drug-likeness (QED) is 0.604. The topological polar surface area (TPSA) is 73.6 Å². The van der Waals surface area contributed by atoms with Crippen molar-refractivity contribution in [1.29, 1.82) is 0 Å². The first kappa shape index (κ1) is 20.4. The maximum Gasteiger partial charge on any atom is 0.229 e. The van der Waals surface area contributed by atoms with Crippen molar-refractivity contribution in [2.75, 3.05) is 19.8 Å². The van der Waals surface area contributed by atoms with Crippen molar-refractivity contribution in [3.63, 3.8) is 0 Å². The van der Waals surface area contributed by atoms with E-state index >= 15 is 0 Å². The molecule has 0 aliphatic rings. The molecule has 1 aromatic carbocycles. The van der Waals surface area contributed by atoms with E-state index in [1.807, 2.05) is 38.1 Å². The Hall–Kier alpha value is -1.89. The molecule has 0 saturated carbocycles. The summed E-state index contributed by atoms with van der Waals surface area (Å²) in [7, 11) is 0. The number of hydrogen-bond donors (Lipinski definition) is 1. The first-order chi connectivity index (χ1) is 12.6. The number of aromatic nitrogens is 1. The fourth-order valence-electron chi connectivity index (χ4n) is 2.45. The van der Waals surface area contributed by atoms with Crippen molar-refractivity contribution in [2.24, 2.45) is 0 Å². The van der Waals surface area contributed by atoms with Gasteiger partial charge < -0.3 is 19.3 Å². The van der Waals surface area contributed by atoms with Crippen molar-refractivity contribution in [3.8, 4) is 0 Å². The van der Waals surface area contributed by atoms with Crippen LogP contribution in [0.15, 0.2) is 28.8 Å². The second kappa shape index (κ2) is 11.0. The molecule has 142 valence electrons. The Kier molecular flexibility index (Phi) is 8.61. The molecule has 2 aromatic rings. The van der Waals surface area contributed by atoms with Crippen LogP contribution in [0.4, 0.5) is 0 Å². The van der Waals surface area contributed by atoms with Gasteiger partial charge in [-0.2, -0.15) is 0 Å². The Balaban J connectivity index is 1.73. The van der Waals surface area contributed by atoms with E-state index in [9.17, 15) is 4.79 Å². The van der Waals surface area contributed by atoms with Gasteiger partial charge >= 0.3 is 0 Å². The van der Waals surface area contributed by atoms with Crippen molar-refractivity contribution in [3.05, 3.63) is 51.9 Å². The fourth-order valence-corrected chi connectivity index (χ4v) is 2.72. The van der Waals surface area contributed by atoms with Crippen LogP contribution >= 0.6 is 11.6 Å². The van der Waals surface area contributed by atoms with Gasteiger partial charge in [-0.05, 0) is 43.0 Å². The molecule has 6 nitrogen and oxygen atoms in total. The lowest BCUT2D eigenvalue weighted by Crippen LogP contribution is -2.23. The lowest BCUT2D eigenvalue weighted by molar-refractivity contribution is -0.121. The van der Waals surface area contributed by atoms with E-state index in [0.717, 1.165) is 22.4 Å². The molecule has 0 aliphatic carbocycles. The number of nitrogens with one attached hydrogen (secondary N) is 1. The molecule has 26 heavy (non-hydrogen) atoms. The molecule has 0 atom stereocenters. The van der Waals surface area contributed by atoms with Gasteiger partial charge in [-0.25, -0.2) is 0 Å². The normalized spacial score (nSPS) is 10.9. The molecule has 0 radical (unpaired) electrons. The van der Waals surface area contributed by atoms with Gasteiger partial charge in [-0.15, -0.1) is 0 Å². The second-order valence-corrected chi connectivity index (χ2v) is 6.21. The molecule has 1 N–H and O–H groups in total. The van der Waals surface area contributed by atoms with E-state index in [1.165, 1.54) is 0 Å². The van der Waals surface area contributed by atoms with Gasteiger partial charge in [0.1, 0.15) is 0 Å². The van der Waals surface area contributed by atoms with Crippen LogP contribution < -0.4 is 5.32 Å². The second-order valence-electron chi connectivity index (χ2n) is 5.87. The molecule has 2 rings (SSSR count). The van der Waals surface area contributed by atoms with Gasteiger partial charge in [-0.1, -0.05) is 29.4 Å². The molecule has 0 spiro atoms. The maximum atomic E-state index is 12.0. The van der Waals surface area contributed by atoms with Crippen LogP contribution in [0.1, 0.15) is 35.7 Å². The number of benzene rings is 1. The number of nitrogens with zero attached hydrogens (tertiary/aromatic N) is 1. The van der Waals surface area contributed by atoms with Crippen molar-refractivity contribution >= 4 is 17.5 Å². The maximum absolute atomic E-state index is 12.0. The van der Waals surface area contributed by atoms with Gasteiger partial charge in [0.15, 0.2) is 0 Å². The Morgan fingerprint density at radius 1 is 1.27 bits per heavy atom. The molecule has 0 fully saturated rings. The van der Waals surface area contributed by atoms with Gasteiger partial charge in [0.05, 0.1) is 25.5 Å². The summed E-state index contributed by atoms with van der Waals surface area (Å²) in [6.07, 6.45) is 0.843. The summed E-state index contributed by atoms with van der Waals surface area (Å²) in [5, 5.41) is 6.95. The molecular formula is C19H25ClN2O4. The SMILES string of the molecule is CCOCCOCc1cccc(CNC(=O)CCc2c(C)noc2Cl)c1. The summed E-state index contributed by atoms with van der Waals surface area (Å²) < 4.78 is 15.7. The highest BCUT2D eigenvalue weighted by molar-refractivity contribution is 6.29. The average Bonchev–Trinajstić information content (AvgIpc) is 2.96. The number of rotatable bonds is 11. The monoisotopic (exact) mass is 380 g/mol. The van der Waals surface area contributed by atoms with Crippen molar-refractivity contribution in [1.82, 2.24) is 10.5 Å². The highest BCUT2D eigenvalue weighted by Gasteiger charge is 2.12. The Bertz CT molecular complexity index is 683. The first-order valence-electron chi connectivity index (χ1n) is 8.70. The highest BCUT2D eigenvalue weighted by atomic mass is 35.5. The number of carbonyl (C=O) groups excluding carboxylic acids is 1. The van der Waals surface area contributed by atoms with Gasteiger partial charge in [0.2, 0.25) is 11.1 Å². The third-order valence-electron chi connectivity index (χ3n) is 3.86. The van der Waals surface area contributed by atoms with Gasteiger partial charge in [-0.3, -0.25) is 4.79 Å². The van der Waals surface area contributed by atoms with Crippen LogP contribution in [-0.4, -0.2) is 30.9 Å². The Labute approximate surface area is 158 Å². The molecule has 1 heterocycles. The summed E-state index contributed by atoms with van der Waals surface area (Å²) in [4.78, 5) is 12.0. The molecule has 0 saturated heterocycles. The fraction of sp³-hybridized carbons (Fsp3) is 0.474. The molecule has 0 bridgehead atoms. The Morgan fingerprint density at radius 2 is 2.04 bits per heavy atom. The Morgan fingerprint density at radius 3 is 2.77 bits per heavy atom. The van der Waals surface area contributed by atoms with Crippen LogP contribution in [0.5, 0.6) is 0 Å². The number of ether oxygens (including phenoxy) is 2. The number of aryl methyl sites for hydroxylation is 1. The predicted octanol–water partition coefficient (Wildman–Crippen LogP) is 3.44. The molecule has 0 aliphatic heterocycles. The standard InChI is InChI=1S/C19H25ClN2O4/c1-3-24-9-10-25-13-16-6-4-5-15(11-16)12-21-18(23)8-7-17-14(2)22-26-19(17)20/h4-6,11H,3,7-10,12-13H2,1-2H3,(H,21,23). The summed E-state index contributed by atoms with van der Waals surface area (Å²) in [5.41, 5.74) is 3.61. The van der Waals surface area contributed by atoms with E-state index in [-0.39, 0.29) is 11.1 Å². The van der Waals surface area contributed by atoms with Crippen LogP contribution in [0.3, 0.4) is 0 Å². The third kappa shape index (κ3) is 6.78. The van der Waals surface area contributed by atoms with Crippen LogP contribution in [0.25, 0.3) is 0 Å². The van der Waals surface area contributed by atoms with Crippen LogP contribution in [0, 0.1) is 6.92 Å².